The molecule has 5 nitrogen and oxygen atoms in total. The smallest absolute Gasteiger partial charge is 0.284 e. The first-order valence-electron chi connectivity index (χ1n) is 5.87. The summed E-state index contributed by atoms with van der Waals surface area (Å²) in [6, 6.07) is 7.53. The zero-order chi connectivity index (χ0) is 14.3. The Labute approximate surface area is 119 Å². The van der Waals surface area contributed by atoms with Gasteiger partial charge in [0.25, 0.3) is 6.29 Å². The highest BCUT2D eigenvalue weighted by Crippen LogP contribution is 2.18. The van der Waals surface area contributed by atoms with E-state index >= 15 is 0 Å². The molecule has 1 N–H and O–H groups in total. The van der Waals surface area contributed by atoms with E-state index in [2.05, 4.69) is 35.1 Å². The third-order valence-electron chi connectivity index (χ3n) is 2.72. The Bertz CT molecular complexity index is 421. The molecule has 1 aromatic carbocycles. The van der Waals surface area contributed by atoms with Gasteiger partial charge < -0.3 is 9.64 Å². The monoisotopic (exact) mass is 283 g/mol. The maximum Gasteiger partial charge on any atom is 0.284 e. The maximum absolute atomic E-state index is 5.09. The molecule has 0 spiro atoms. The third kappa shape index (κ3) is 4.22. The SMILES string of the molecule is CCl.COc1ccc(N=NC2N(C)C=C[NH+]2C)cc1. The van der Waals surface area contributed by atoms with Crippen molar-refractivity contribution in [3.05, 3.63) is 36.7 Å². The average Bonchev–Trinajstić information content (AvgIpc) is 2.78. The number of methoxy groups -OCH3 is 1. The number of ether oxygens (including phenoxy) is 1. The second-order valence-electron chi connectivity index (χ2n) is 4.01. The van der Waals surface area contributed by atoms with Gasteiger partial charge in [-0.3, -0.25) is 4.90 Å². The van der Waals surface area contributed by atoms with Gasteiger partial charge in [0.1, 0.15) is 11.9 Å². The molecule has 2 atom stereocenters. The van der Waals surface area contributed by atoms with Crippen molar-refractivity contribution in [1.29, 1.82) is 0 Å². The van der Waals surface area contributed by atoms with E-state index in [-0.39, 0.29) is 6.29 Å². The van der Waals surface area contributed by atoms with E-state index in [0.29, 0.717) is 0 Å². The Hall–Kier alpha value is -1.59. The molecule has 0 radical (unpaired) electrons. The van der Waals surface area contributed by atoms with Crippen LogP contribution in [-0.2, 0) is 0 Å². The van der Waals surface area contributed by atoms with Gasteiger partial charge in [0.05, 0.1) is 26.0 Å². The zero-order valence-electron chi connectivity index (χ0n) is 11.7. The van der Waals surface area contributed by atoms with Crippen molar-refractivity contribution in [3.8, 4) is 5.75 Å². The Morgan fingerprint density at radius 2 is 1.89 bits per heavy atom. The lowest BCUT2D eigenvalue weighted by Crippen LogP contribution is -3.08. The second kappa shape index (κ2) is 7.76. The summed E-state index contributed by atoms with van der Waals surface area (Å²) in [5.74, 6) is 0.825. The third-order valence-corrected chi connectivity index (χ3v) is 2.72. The predicted octanol–water partition coefficient (Wildman–Crippen LogP) is 1.85. The Morgan fingerprint density at radius 1 is 1.26 bits per heavy atom. The fraction of sp³-hybridized carbons (Fsp3) is 0.385. The minimum atomic E-state index is 0.0251. The minimum absolute atomic E-state index is 0.0251. The van der Waals surface area contributed by atoms with Crippen LogP contribution in [0.2, 0.25) is 0 Å². The van der Waals surface area contributed by atoms with Crippen LogP contribution in [0.1, 0.15) is 0 Å². The Balaban J connectivity index is 0.000000861. The molecule has 0 saturated heterocycles. The van der Waals surface area contributed by atoms with Crippen molar-refractivity contribution in [2.24, 2.45) is 10.2 Å². The summed E-state index contributed by atoms with van der Waals surface area (Å²) in [6.07, 6.45) is 5.56. The lowest BCUT2D eigenvalue weighted by Gasteiger charge is -2.16. The molecule has 104 valence electrons. The minimum Gasteiger partial charge on any atom is -0.497 e. The van der Waals surface area contributed by atoms with Crippen molar-refractivity contribution in [2.45, 2.75) is 6.29 Å². The summed E-state index contributed by atoms with van der Waals surface area (Å²) in [5, 5.41) is 8.55. The fourth-order valence-electron chi connectivity index (χ4n) is 1.67. The number of alkyl halides is 1. The quantitative estimate of drug-likeness (QED) is 0.679. The van der Waals surface area contributed by atoms with Crippen LogP contribution < -0.4 is 9.64 Å². The second-order valence-corrected chi connectivity index (χ2v) is 4.01. The first-order chi connectivity index (χ1) is 9.20. The number of hydrogen-bond acceptors (Lipinski definition) is 4. The van der Waals surface area contributed by atoms with E-state index in [1.807, 2.05) is 42.4 Å². The predicted molar refractivity (Wildman–Crippen MR) is 76.9 cm³/mol. The standard InChI is InChI=1S/C12H16N4O.CH3Cl/c1-15-8-9-16(2)12(15)14-13-10-4-6-11(17-3)7-5-10;1-2/h4-9,12H,1-3H3;1H3/p+1. The summed E-state index contributed by atoms with van der Waals surface area (Å²) in [5.41, 5.74) is 0.832. The van der Waals surface area contributed by atoms with Crippen molar-refractivity contribution in [2.75, 3.05) is 27.6 Å². The van der Waals surface area contributed by atoms with Crippen LogP contribution in [0, 0.1) is 0 Å². The van der Waals surface area contributed by atoms with Crippen molar-refractivity contribution < 1.29 is 9.64 Å². The van der Waals surface area contributed by atoms with E-state index in [4.69, 9.17) is 4.74 Å². The summed E-state index contributed by atoms with van der Waals surface area (Å²) in [4.78, 5) is 3.23. The Kier molecular flexibility index (Phi) is 6.32. The van der Waals surface area contributed by atoms with Crippen LogP contribution in [0.3, 0.4) is 0 Å². The molecule has 1 aliphatic heterocycles. The zero-order valence-corrected chi connectivity index (χ0v) is 12.4. The van der Waals surface area contributed by atoms with E-state index < -0.39 is 0 Å². The van der Waals surface area contributed by atoms with Crippen molar-refractivity contribution in [3.63, 3.8) is 0 Å². The van der Waals surface area contributed by atoms with Gasteiger partial charge in [-0.2, -0.15) is 0 Å². The molecule has 0 aromatic heterocycles. The highest BCUT2D eigenvalue weighted by atomic mass is 35.5. The Morgan fingerprint density at radius 3 is 2.37 bits per heavy atom. The molecule has 0 aliphatic carbocycles. The van der Waals surface area contributed by atoms with Crippen molar-refractivity contribution >= 4 is 17.3 Å². The van der Waals surface area contributed by atoms with Crippen LogP contribution in [0.25, 0.3) is 0 Å². The molecule has 1 aliphatic rings. The van der Waals surface area contributed by atoms with Crippen LogP contribution in [0.5, 0.6) is 5.75 Å². The number of azo groups is 1. The van der Waals surface area contributed by atoms with Crippen LogP contribution in [0.15, 0.2) is 46.9 Å². The molecule has 1 aromatic rings. The van der Waals surface area contributed by atoms with Crippen LogP contribution in [0.4, 0.5) is 5.69 Å². The van der Waals surface area contributed by atoms with E-state index in [1.54, 1.807) is 7.11 Å². The number of quaternary nitrogens is 1. The number of benzene rings is 1. The largest absolute Gasteiger partial charge is 0.497 e. The van der Waals surface area contributed by atoms with Crippen molar-refractivity contribution in [1.82, 2.24) is 4.90 Å². The first kappa shape index (κ1) is 15.5. The number of halogens is 1. The van der Waals surface area contributed by atoms with E-state index in [0.717, 1.165) is 11.4 Å². The highest BCUT2D eigenvalue weighted by Gasteiger charge is 2.24. The highest BCUT2D eigenvalue weighted by molar-refractivity contribution is 6.15. The molecule has 2 unspecified atom stereocenters. The molecular weight excluding hydrogens is 264 g/mol. The lowest BCUT2D eigenvalue weighted by atomic mass is 10.3. The van der Waals surface area contributed by atoms with Crippen LogP contribution >= 0.6 is 11.6 Å². The molecular formula is C13H20ClN4O+. The number of hydrogen-bond donors (Lipinski definition) is 1. The molecule has 2 rings (SSSR count). The number of nitrogens with zero attached hydrogens (tertiary/aromatic N) is 3. The number of rotatable bonds is 3. The molecule has 0 saturated carbocycles. The normalized spacial score (nSPS) is 21.4. The van der Waals surface area contributed by atoms with Gasteiger partial charge in [0.15, 0.2) is 0 Å². The molecule has 0 amide bonds. The van der Waals surface area contributed by atoms with Gasteiger partial charge in [-0.05, 0) is 24.3 Å². The van der Waals surface area contributed by atoms with E-state index in [9.17, 15) is 0 Å². The lowest BCUT2D eigenvalue weighted by molar-refractivity contribution is -0.856. The molecule has 6 heteroatoms. The molecule has 0 fully saturated rings. The van der Waals surface area contributed by atoms with Gasteiger partial charge in [-0.1, -0.05) is 0 Å². The molecule has 19 heavy (non-hydrogen) atoms. The van der Waals surface area contributed by atoms with Gasteiger partial charge >= 0.3 is 0 Å². The van der Waals surface area contributed by atoms with E-state index in [1.165, 1.54) is 11.3 Å². The fourth-order valence-corrected chi connectivity index (χ4v) is 1.67. The average molecular weight is 284 g/mol. The topological polar surface area (TPSA) is 41.6 Å². The first-order valence-corrected chi connectivity index (χ1v) is 6.62. The summed E-state index contributed by atoms with van der Waals surface area (Å²) < 4.78 is 5.09. The number of nitrogens with one attached hydrogen (secondary N) is 1. The summed E-state index contributed by atoms with van der Waals surface area (Å²) >= 11 is 4.64. The summed E-state index contributed by atoms with van der Waals surface area (Å²) in [6.45, 7) is 0. The molecule has 0 bridgehead atoms. The summed E-state index contributed by atoms with van der Waals surface area (Å²) in [7, 11) is 5.69. The van der Waals surface area contributed by atoms with Gasteiger partial charge in [-0.25, -0.2) is 0 Å². The van der Waals surface area contributed by atoms with Gasteiger partial charge in [0.2, 0.25) is 0 Å². The maximum atomic E-state index is 5.09. The van der Waals surface area contributed by atoms with Crippen LogP contribution in [-0.4, -0.2) is 38.8 Å². The van der Waals surface area contributed by atoms with Gasteiger partial charge in [-0.15, -0.1) is 21.8 Å². The van der Waals surface area contributed by atoms with Gasteiger partial charge in [0, 0.05) is 13.4 Å². The molecule has 1 heterocycles.